The largest absolute Gasteiger partial charge is 0.461 e. The van der Waals surface area contributed by atoms with E-state index in [1.807, 2.05) is 25.3 Å². The number of nitrogens with zero attached hydrogens (tertiary/aromatic N) is 1. The molecule has 0 aliphatic carbocycles. The van der Waals surface area contributed by atoms with E-state index < -0.39 is 0 Å². The van der Waals surface area contributed by atoms with Crippen molar-refractivity contribution in [2.75, 3.05) is 6.61 Å². The van der Waals surface area contributed by atoms with Gasteiger partial charge in [-0.2, -0.15) is 0 Å². The molecule has 0 spiro atoms. The Morgan fingerprint density at radius 3 is 3.07 bits per heavy atom. The minimum Gasteiger partial charge on any atom is -0.461 e. The molecule has 0 aliphatic heterocycles. The van der Waals surface area contributed by atoms with E-state index in [-0.39, 0.29) is 12.4 Å². The topological polar surface area (TPSA) is 39.2 Å². The molecular weight excluding hydrogens is 210 g/mol. The van der Waals surface area contributed by atoms with Gasteiger partial charge in [-0.3, -0.25) is 4.79 Å². The molecule has 0 atom stereocenters. The van der Waals surface area contributed by atoms with Crippen LogP contribution in [0.25, 0.3) is 0 Å². The van der Waals surface area contributed by atoms with E-state index in [9.17, 15) is 4.79 Å². The van der Waals surface area contributed by atoms with Gasteiger partial charge in [0.25, 0.3) is 0 Å². The molecule has 0 bridgehead atoms. The van der Waals surface area contributed by atoms with Crippen molar-refractivity contribution in [3.8, 4) is 0 Å². The lowest BCUT2D eigenvalue weighted by atomic mass is 10.3. The highest BCUT2D eigenvalue weighted by molar-refractivity contribution is 7.09. The average molecular weight is 225 g/mol. The van der Waals surface area contributed by atoms with Crippen molar-refractivity contribution < 1.29 is 9.53 Å². The summed E-state index contributed by atoms with van der Waals surface area (Å²) in [6, 6.07) is 0. The van der Waals surface area contributed by atoms with E-state index >= 15 is 0 Å². The van der Waals surface area contributed by atoms with Crippen LogP contribution in [-0.4, -0.2) is 17.6 Å². The van der Waals surface area contributed by atoms with Crippen LogP contribution in [0.1, 0.15) is 24.5 Å². The standard InChI is InChI=1S/C11H15NO2S/c1-3-5-6-14-11(13)7-9-8-15-10(4-2)12-9/h3,5,8H,4,6-7H2,1-2H3/b5-3+. The zero-order valence-electron chi connectivity index (χ0n) is 9.03. The number of carbonyl (C=O) groups is 1. The number of aryl methyl sites for hydroxylation is 1. The van der Waals surface area contributed by atoms with Crippen LogP contribution in [0.3, 0.4) is 0 Å². The number of allylic oxidation sites excluding steroid dienone is 1. The van der Waals surface area contributed by atoms with Crippen LogP contribution >= 0.6 is 11.3 Å². The van der Waals surface area contributed by atoms with Gasteiger partial charge in [0.1, 0.15) is 6.61 Å². The van der Waals surface area contributed by atoms with Gasteiger partial charge in [0.2, 0.25) is 0 Å². The highest BCUT2D eigenvalue weighted by Gasteiger charge is 2.07. The molecule has 0 fully saturated rings. The van der Waals surface area contributed by atoms with E-state index in [1.54, 1.807) is 17.4 Å². The zero-order valence-corrected chi connectivity index (χ0v) is 9.84. The van der Waals surface area contributed by atoms with E-state index in [4.69, 9.17) is 4.74 Å². The summed E-state index contributed by atoms with van der Waals surface area (Å²) in [7, 11) is 0. The van der Waals surface area contributed by atoms with Gasteiger partial charge >= 0.3 is 5.97 Å². The van der Waals surface area contributed by atoms with Crippen molar-refractivity contribution in [1.29, 1.82) is 0 Å². The fraction of sp³-hybridized carbons (Fsp3) is 0.455. The lowest BCUT2D eigenvalue weighted by molar-refractivity contribution is -0.141. The SMILES string of the molecule is C/C=C/COC(=O)Cc1csc(CC)n1. The smallest absolute Gasteiger partial charge is 0.312 e. The second-order valence-electron chi connectivity index (χ2n) is 3.01. The minimum atomic E-state index is -0.221. The number of aromatic nitrogens is 1. The molecule has 0 radical (unpaired) electrons. The number of rotatable bonds is 5. The maximum absolute atomic E-state index is 11.3. The molecular formula is C11H15NO2S. The maximum Gasteiger partial charge on any atom is 0.312 e. The summed E-state index contributed by atoms with van der Waals surface area (Å²) in [5.74, 6) is -0.221. The highest BCUT2D eigenvalue weighted by atomic mass is 32.1. The first kappa shape index (κ1) is 11.9. The Labute approximate surface area is 93.8 Å². The van der Waals surface area contributed by atoms with Crippen molar-refractivity contribution in [1.82, 2.24) is 4.98 Å². The van der Waals surface area contributed by atoms with Gasteiger partial charge in [0.15, 0.2) is 0 Å². The Morgan fingerprint density at radius 2 is 2.47 bits per heavy atom. The molecule has 1 heterocycles. The average Bonchev–Trinajstić information content (AvgIpc) is 2.66. The summed E-state index contributed by atoms with van der Waals surface area (Å²) >= 11 is 1.59. The second-order valence-corrected chi connectivity index (χ2v) is 3.96. The minimum absolute atomic E-state index is 0.221. The molecule has 0 unspecified atom stereocenters. The number of hydrogen-bond donors (Lipinski definition) is 0. The molecule has 0 aromatic carbocycles. The third-order valence-corrected chi connectivity index (χ3v) is 2.85. The van der Waals surface area contributed by atoms with Gasteiger partial charge in [-0.05, 0) is 13.3 Å². The van der Waals surface area contributed by atoms with Gasteiger partial charge in [-0.15, -0.1) is 11.3 Å². The second kappa shape index (κ2) is 6.35. The number of esters is 1. The Kier molecular flexibility index (Phi) is 5.04. The summed E-state index contributed by atoms with van der Waals surface area (Å²) in [5.41, 5.74) is 0.808. The van der Waals surface area contributed by atoms with Crippen LogP contribution in [0.5, 0.6) is 0 Å². The van der Waals surface area contributed by atoms with E-state index in [0.29, 0.717) is 6.61 Å². The Morgan fingerprint density at radius 1 is 1.67 bits per heavy atom. The van der Waals surface area contributed by atoms with Gasteiger partial charge in [0.05, 0.1) is 17.1 Å². The quantitative estimate of drug-likeness (QED) is 0.570. The van der Waals surface area contributed by atoms with E-state index in [1.165, 1.54) is 0 Å². The molecule has 0 N–H and O–H groups in total. The van der Waals surface area contributed by atoms with Gasteiger partial charge in [0, 0.05) is 5.38 Å². The first-order valence-corrected chi connectivity index (χ1v) is 5.84. The lowest BCUT2D eigenvalue weighted by Crippen LogP contribution is -2.08. The van der Waals surface area contributed by atoms with Crippen LogP contribution in [-0.2, 0) is 22.4 Å². The summed E-state index contributed by atoms with van der Waals surface area (Å²) < 4.78 is 4.97. The fourth-order valence-electron chi connectivity index (χ4n) is 1.03. The number of hydrogen-bond acceptors (Lipinski definition) is 4. The van der Waals surface area contributed by atoms with Crippen molar-refractivity contribution in [2.24, 2.45) is 0 Å². The summed E-state index contributed by atoms with van der Waals surface area (Å²) in [5, 5.41) is 2.97. The third kappa shape index (κ3) is 4.25. The van der Waals surface area contributed by atoms with Gasteiger partial charge in [-0.25, -0.2) is 4.98 Å². The van der Waals surface area contributed by atoms with Crippen molar-refractivity contribution in [2.45, 2.75) is 26.7 Å². The van der Waals surface area contributed by atoms with Gasteiger partial charge in [-0.1, -0.05) is 19.1 Å². The van der Waals surface area contributed by atoms with Crippen LogP contribution in [0.2, 0.25) is 0 Å². The van der Waals surface area contributed by atoms with Crippen LogP contribution < -0.4 is 0 Å². The first-order chi connectivity index (χ1) is 7.26. The predicted molar refractivity (Wildman–Crippen MR) is 61.0 cm³/mol. The Hall–Kier alpha value is -1.16. The van der Waals surface area contributed by atoms with Crippen molar-refractivity contribution in [3.05, 3.63) is 28.2 Å². The normalized spacial score (nSPS) is 10.8. The summed E-state index contributed by atoms with van der Waals surface area (Å²) in [6.07, 6.45) is 4.84. The molecule has 1 aromatic heterocycles. The molecule has 0 saturated carbocycles. The van der Waals surface area contributed by atoms with Crippen molar-refractivity contribution >= 4 is 17.3 Å². The molecule has 0 aliphatic rings. The van der Waals surface area contributed by atoms with Crippen LogP contribution in [0, 0.1) is 0 Å². The van der Waals surface area contributed by atoms with Gasteiger partial charge < -0.3 is 4.74 Å². The lowest BCUT2D eigenvalue weighted by Gasteiger charge is -1.98. The number of thiazole rings is 1. The molecule has 3 nitrogen and oxygen atoms in total. The Balaban J connectivity index is 2.37. The van der Waals surface area contributed by atoms with Crippen molar-refractivity contribution in [3.63, 3.8) is 0 Å². The first-order valence-electron chi connectivity index (χ1n) is 4.96. The van der Waals surface area contributed by atoms with E-state index in [2.05, 4.69) is 4.98 Å². The molecule has 82 valence electrons. The number of carbonyl (C=O) groups excluding carboxylic acids is 1. The summed E-state index contributed by atoms with van der Waals surface area (Å²) in [4.78, 5) is 15.6. The monoisotopic (exact) mass is 225 g/mol. The third-order valence-electron chi connectivity index (χ3n) is 1.80. The molecule has 1 aromatic rings. The molecule has 1 rings (SSSR count). The van der Waals surface area contributed by atoms with Crippen LogP contribution in [0.4, 0.5) is 0 Å². The highest BCUT2D eigenvalue weighted by Crippen LogP contribution is 2.10. The summed E-state index contributed by atoms with van der Waals surface area (Å²) in [6.45, 7) is 4.29. The molecule has 15 heavy (non-hydrogen) atoms. The number of ether oxygens (including phenoxy) is 1. The predicted octanol–water partition coefficient (Wildman–Crippen LogP) is 2.37. The fourth-order valence-corrected chi connectivity index (χ4v) is 1.77. The molecule has 4 heteroatoms. The molecule has 0 amide bonds. The Bertz CT molecular complexity index is 344. The molecule has 0 saturated heterocycles. The maximum atomic E-state index is 11.3. The zero-order chi connectivity index (χ0) is 11.1. The van der Waals surface area contributed by atoms with Crippen LogP contribution in [0.15, 0.2) is 17.5 Å². The van der Waals surface area contributed by atoms with E-state index in [0.717, 1.165) is 17.1 Å².